The van der Waals surface area contributed by atoms with Gasteiger partial charge in [0.15, 0.2) is 5.79 Å². The summed E-state index contributed by atoms with van der Waals surface area (Å²) in [6.45, 7) is 5.10. The number of azide groups is 1. The number of nitrogens with zero attached hydrogens (tertiary/aromatic N) is 3. The van der Waals surface area contributed by atoms with Crippen LogP contribution in [-0.4, -0.2) is 37.3 Å². The Kier molecular flexibility index (Phi) is 7.63. The molecule has 0 amide bonds. The van der Waals surface area contributed by atoms with Gasteiger partial charge < -0.3 is 18.9 Å². The molecule has 0 saturated carbocycles. The average Bonchev–Trinajstić information content (AvgIpc) is 3.09. The van der Waals surface area contributed by atoms with Crippen LogP contribution in [-0.2, 0) is 32.2 Å². The van der Waals surface area contributed by atoms with Gasteiger partial charge in [0.1, 0.15) is 6.10 Å². The first-order chi connectivity index (χ1) is 14.1. The number of hydrogen-bond donors (Lipinski definition) is 0. The molecular formula is C22H27N3O4. The maximum Gasteiger partial charge on any atom is 0.163 e. The molecule has 2 aromatic rings. The van der Waals surface area contributed by atoms with Gasteiger partial charge in [-0.2, -0.15) is 0 Å². The maximum atomic E-state index is 9.11. The third kappa shape index (κ3) is 6.56. The Hall–Kier alpha value is -2.41. The monoisotopic (exact) mass is 397 g/mol. The molecular weight excluding hydrogens is 370 g/mol. The van der Waals surface area contributed by atoms with Gasteiger partial charge in [-0.15, -0.1) is 0 Å². The molecule has 29 heavy (non-hydrogen) atoms. The van der Waals surface area contributed by atoms with Crippen molar-refractivity contribution in [1.29, 1.82) is 0 Å². The molecule has 0 unspecified atom stereocenters. The van der Waals surface area contributed by atoms with Crippen LogP contribution in [0.1, 0.15) is 25.0 Å². The number of benzene rings is 2. The summed E-state index contributed by atoms with van der Waals surface area (Å²) in [7, 11) is 0. The van der Waals surface area contributed by atoms with Gasteiger partial charge in [-0.25, -0.2) is 0 Å². The first kappa shape index (κ1) is 21.3. The van der Waals surface area contributed by atoms with Crippen molar-refractivity contribution >= 4 is 0 Å². The van der Waals surface area contributed by atoms with Crippen LogP contribution >= 0.6 is 0 Å². The highest BCUT2D eigenvalue weighted by atomic mass is 16.7. The zero-order valence-corrected chi connectivity index (χ0v) is 16.8. The normalized spacial score (nSPS) is 20.0. The topological polar surface area (TPSA) is 85.7 Å². The fourth-order valence-electron chi connectivity index (χ4n) is 3.24. The van der Waals surface area contributed by atoms with Crippen LogP contribution in [0.15, 0.2) is 65.8 Å². The Bertz CT molecular complexity index is 794. The van der Waals surface area contributed by atoms with E-state index >= 15 is 0 Å². The molecule has 154 valence electrons. The second kappa shape index (κ2) is 10.4. The SMILES string of the molecule is CC1(C)OC[C@H]([C@@H](OCc2ccccc2)[C@H](COCc2ccccc2)N=[N+]=[N-])O1. The minimum absolute atomic E-state index is 0.221. The molecule has 2 aromatic carbocycles. The van der Waals surface area contributed by atoms with E-state index in [4.69, 9.17) is 24.5 Å². The molecule has 0 aliphatic carbocycles. The van der Waals surface area contributed by atoms with Crippen LogP contribution in [0.25, 0.3) is 10.4 Å². The van der Waals surface area contributed by atoms with Crippen LogP contribution in [0, 0.1) is 0 Å². The quantitative estimate of drug-likeness (QED) is 0.333. The Labute approximate surface area is 171 Å². The second-order valence-corrected chi connectivity index (χ2v) is 7.40. The van der Waals surface area contributed by atoms with E-state index in [1.807, 2.05) is 74.5 Å². The Morgan fingerprint density at radius 1 is 1.07 bits per heavy atom. The van der Waals surface area contributed by atoms with Crippen LogP contribution in [0.5, 0.6) is 0 Å². The smallest absolute Gasteiger partial charge is 0.163 e. The van der Waals surface area contributed by atoms with Crippen molar-refractivity contribution in [3.63, 3.8) is 0 Å². The van der Waals surface area contributed by atoms with Crippen LogP contribution < -0.4 is 0 Å². The van der Waals surface area contributed by atoms with Crippen molar-refractivity contribution in [3.05, 3.63) is 82.2 Å². The van der Waals surface area contributed by atoms with E-state index in [1.165, 1.54) is 0 Å². The molecule has 0 aromatic heterocycles. The largest absolute Gasteiger partial charge is 0.376 e. The molecule has 1 aliphatic heterocycles. The highest BCUT2D eigenvalue weighted by Crippen LogP contribution is 2.28. The minimum atomic E-state index is -0.704. The maximum absolute atomic E-state index is 9.11. The number of ether oxygens (including phenoxy) is 4. The zero-order chi connectivity index (χ0) is 20.5. The van der Waals surface area contributed by atoms with Gasteiger partial charge in [0.05, 0.1) is 38.6 Å². The van der Waals surface area contributed by atoms with Crippen molar-refractivity contribution in [1.82, 2.24) is 0 Å². The molecule has 7 nitrogen and oxygen atoms in total. The van der Waals surface area contributed by atoms with E-state index in [9.17, 15) is 0 Å². The predicted octanol–water partition coefficient (Wildman–Crippen LogP) is 4.62. The molecule has 0 radical (unpaired) electrons. The van der Waals surface area contributed by atoms with E-state index in [2.05, 4.69) is 10.0 Å². The molecule has 3 atom stereocenters. The Morgan fingerprint density at radius 3 is 2.24 bits per heavy atom. The van der Waals surface area contributed by atoms with Crippen LogP contribution in [0.3, 0.4) is 0 Å². The summed E-state index contributed by atoms with van der Waals surface area (Å²) >= 11 is 0. The fourth-order valence-corrected chi connectivity index (χ4v) is 3.24. The van der Waals surface area contributed by atoms with Gasteiger partial charge in [0, 0.05) is 4.91 Å². The molecule has 3 rings (SSSR count). The van der Waals surface area contributed by atoms with Crippen molar-refractivity contribution in [2.45, 2.75) is 51.1 Å². The summed E-state index contributed by atoms with van der Waals surface area (Å²) in [5, 5.41) is 3.96. The van der Waals surface area contributed by atoms with Gasteiger partial charge in [-0.05, 0) is 30.5 Å². The third-order valence-corrected chi connectivity index (χ3v) is 4.66. The third-order valence-electron chi connectivity index (χ3n) is 4.66. The Morgan fingerprint density at radius 2 is 1.69 bits per heavy atom. The van der Waals surface area contributed by atoms with E-state index in [0.29, 0.717) is 19.8 Å². The molecule has 0 spiro atoms. The highest BCUT2D eigenvalue weighted by molar-refractivity contribution is 5.14. The summed E-state index contributed by atoms with van der Waals surface area (Å²) < 4.78 is 23.7. The van der Waals surface area contributed by atoms with E-state index in [0.717, 1.165) is 11.1 Å². The summed E-state index contributed by atoms with van der Waals surface area (Å²) in [6.07, 6.45) is -0.854. The van der Waals surface area contributed by atoms with Gasteiger partial charge in [0.2, 0.25) is 0 Å². The van der Waals surface area contributed by atoms with E-state index < -0.39 is 17.9 Å². The lowest BCUT2D eigenvalue weighted by molar-refractivity contribution is -0.162. The van der Waals surface area contributed by atoms with Crippen molar-refractivity contribution in [2.24, 2.45) is 5.11 Å². The second-order valence-electron chi connectivity index (χ2n) is 7.40. The molecule has 0 bridgehead atoms. The lowest BCUT2D eigenvalue weighted by atomic mass is 10.1. The average molecular weight is 397 g/mol. The van der Waals surface area contributed by atoms with Crippen molar-refractivity contribution in [2.75, 3.05) is 13.2 Å². The van der Waals surface area contributed by atoms with E-state index in [-0.39, 0.29) is 12.7 Å². The predicted molar refractivity (Wildman–Crippen MR) is 109 cm³/mol. The highest BCUT2D eigenvalue weighted by Gasteiger charge is 2.41. The van der Waals surface area contributed by atoms with Gasteiger partial charge >= 0.3 is 0 Å². The van der Waals surface area contributed by atoms with E-state index in [1.54, 1.807) is 0 Å². The molecule has 0 N–H and O–H groups in total. The number of hydrogen-bond acceptors (Lipinski definition) is 5. The van der Waals surface area contributed by atoms with Crippen molar-refractivity contribution in [3.8, 4) is 0 Å². The van der Waals surface area contributed by atoms with Gasteiger partial charge in [-0.3, -0.25) is 0 Å². The fraction of sp³-hybridized carbons (Fsp3) is 0.455. The summed E-state index contributed by atoms with van der Waals surface area (Å²) in [5.41, 5.74) is 11.2. The van der Waals surface area contributed by atoms with Gasteiger partial charge in [-0.1, -0.05) is 65.8 Å². The lowest BCUT2D eigenvalue weighted by Crippen LogP contribution is -2.43. The lowest BCUT2D eigenvalue weighted by Gasteiger charge is -2.29. The van der Waals surface area contributed by atoms with Crippen molar-refractivity contribution < 1.29 is 18.9 Å². The summed E-state index contributed by atoms with van der Waals surface area (Å²) in [4.78, 5) is 3.01. The molecule has 1 saturated heterocycles. The number of rotatable bonds is 10. The molecule has 7 heteroatoms. The summed E-state index contributed by atoms with van der Waals surface area (Å²) in [5.74, 6) is -0.704. The molecule has 1 heterocycles. The van der Waals surface area contributed by atoms with Crippen LogP contribution in [0.4, 0.5) is 0 Å². The standard InChI is InChI=1S/C22H27N3O4/c1-22(2)28-16-20(29-22)21(27-14-18-11-7-4-8-12-18)19(24-25-23)15-26-13-17-9-5-3-6-10-17/h3-12,19-21H,13-16H2,1-2H3/t19-,20+,21-/m0/s1. The summed E-state index contributed by atoms with van der Waals surface area (Å²) in [6, 6.07) is 19.2. The molecule has 1 aliphatic rings. The van der Waals surface area contributed by atoms with Crippen LogP contribution in [0.2, 0.25) is 0 Å². The zero-order valence-electron chi connectivity index (χ0n) is 16.8. The van der Waals surface area contributed by atoms with Gasteiger partial charge in [0.25, 0.3) is 0 Å². The Balaban J connectivity index is 1.68. The first-order valence-electron chi connectivity index (χ1n) is 9.70. The molecule has 1 fully saturated rings. The minimum Gasteiger partial charge on any atom is -0.376 e. The first-order valence-corrected chi connectivity index (χ1v) is 9.70.